The van der Waals surface area contributed by atoms with Crippen molar-refractivity contribution in [3.63, 3.8) is 0 Å². The van der Waals surface area contributed by atoms with E-state index < -0.39 is 0 Å². The molecule has 0 saturated heterocycles. The topological polar surface area (TPSA) is 76.7 Å². The summed E-state index contributed by atoms with van der Waals surface area (Å²) in [7, 11) is 3.17. The summed E-state index contributed by atoms with van der Waals surface area (Å²) in [6.45, 7) is 0. The van der Waals surface area contributed by atoms with Crippen LogP contribution in [0.5, 0.6) is 11.5 Å². The number of hydrogen-bond donors (Lipinski definition) is 2. The minimum atomic E-state index is -0.106. The van der Waals surface area contributed by atoms with Crippen LogP contribution in [-0.4, -0.2) is 25.8 Å². The number of ether oxygens (including phenoxy) is 2. The lowest BCUT2D eigenvalue weighted by Gasteiger charge is -2.04. The van der Waals surface area contributed by atoms with Gasteiger partial charge in [-0.25, -0.2) is 0 Å². The van der Waals surface area contributed by atoms with Crippen LogP contribution in [0.3, 0.4) is 0 Å². The van der Waals surface area contributed by atoms with Crippen molar-refractivity contribution in [2.24, 2.45) is 0 Å². The fourth-order valence-electron chi connectivity index (χ4n) is 2.79. The number of anilines is 2. The van der Waals surface area contributed by atoms with Crippen molar-refractivity contribution >= 4 is 22.9 Å². The average molecular weight is 428 g/mol. The van der Waals surface area contributed by atoms with Gasteiger partial charge in [-0.05, 0) is 72.8 Å². The Morgan fingerprint density at radius 1 is 0.594 bits per heavy atom. The molecule has 0 unspecified atom stereocenters. The predicted molar refractivity (Wildman–Crippen MR) is 127 cm³/mol. The molecule has 0 radical (unpaired) electrons. The first-order valence-electron chi connectivity index (χ1n) is 9.92. The van der Waals surface area contributed by atoms with Crippen molar-refractivity contribution in [2.45, 2.75) is 0 Å². The zero-order chi connectivity index (χ0) is 22.8. The molecule has 3 aromatic rings. The zero-order valence-electron chi connectivity index (χ0n) is 17.9. The first-order valence-corrected chi connectivity index (χ1v) is 9.92. The summed E-state index contributed by atoms with van der Waals surface area (Å²) < 4.78 is 10.2. The highest BCUT2D eigenvalue weighted by atomic mass is 16.5. The number of nitrogens with one attached hydrogen (secondary N) is 2. The van der Waals surface area contributed by atoms with E-state index in [9.17, 15) is 9.59 Å². The van der Waals surface area contributed by atoms with Gasteiger partial charge in [0.15, 0.2) is 11.6 Å². The molecule has 0 fully saturated rings. The van der Waals surface area contributed by atoms with Crippen molar-refractivity contribution in [2.75, 3.05) is 24.9 Å². The standard InChI is InChI=1S/C26H24N2O4/c1-31-23-11-3-19(4-12-23)25(29)15-17-27-21-7-9-22(10-8-21)28-18-16-26(30)20-5-13-24(32-2)14-6-20/h3-18,27-28H,1-2H3/b17-15+,18-16+. The molecule has 3 aromatic carbocycles. The Kier molecular flexibility index (Phi) is 7.81. The fraction of sp³-hybridized carbons (Fsp3) is 0.0769. The van der Waals surface area contributed by atoms with Crippen molar-refractivity contribution in [3.8, 4) is 11.5 Å². The molecule has 6 heteroatoms. The highest BCUT2D eigenvalue weighted by molar-refractivity contribution is 6.05. The highest BCUT2D eigenvalue weighted by Gasteiger charge is 2.02. The Bertz CT molecular complexity index is 1010. The Balaban J connectivity index is 1.48. The summed E-state index contributed by atoms with van der Waals surface area (Å²) in [6.07, 6.45) is 6.15. The van der Waals surface area contributed by atoms with E-state index in [0.29, 0.717) is 22.6 Å². The first-order chi connectivity index (χ1) is 15.6. The van der Waals surface area contributed by atoms with Crippen molar-refractivity contribution in [3.05, 3.63) is 108 Å². The maximum atomic E-state index is 12.2. The monoisotopic (exact) mass is 428 g/mol. The molecule has 0 heterocycles. The van der Waals surface area contributed by atoms with E-state index in [-0.39, 0.29) is 11.6 Å². The summed E-state index contributed by atoms with van der Waals surface area (Å²) in [5.74, 6) is 1.20. The van der Waals surface area contributed by atoms with Crippen LogP contribution in [0.1, 0.15) is 20.7 Å². The number of hydrogen-bond acceptors (Lipinski definition) is 6. The van der Waals surface area contributed by atoms with E-state index in [2.05, 4.69) is 10.6 Å². The second-order valence-corrected chi connectivity index (χ2v) is 6.72. The molecule has 32 heavy (non-hydrogen) atoms. The molecule has 162 valence electrons. The third-order valence-corrected chi connectivity index (χ3v) is 4.60. The fourth-order valence-corrected chi connectivity index (χ4v) is 2.79. The van der Waals surface area contributed by atoms with Crippen LogP contribution in [0, 0.1) is 0 Å². The summed E-state index contributed by atoms with van der Waals surface area (Å²) in [6, 6.07) is 21.3. The zero-order valence-corrected chi connectivity index (χ0v) is 17.9. The van der Waals surface area contributed by atoms with Crippen molar-refractivity contribution in [1.29, 1.82) is 0 Å². The molecule has 0 spiro atoms. The summed E-state index contributed by atoms with van der Waals surface area (Å²) in [5, 5.41) is 6.13. The molecular formula is C26H24N2O4. The molecule has 0 aliphatic heterocycles. The van der Waals surface area contributed by atoms with Gasteiger partial charge < -0.3 is 20.1 Å². The Labute approximate surface area is 187 Å². The number of allylic oxidation sites excluding steroid dienone is 2. The van der Waals surface area contributed by atoms with E-state index in [4.69, 9.17) is 9.47 Å². The molecular weight excluding hydrogens is 404 g/mol. The van der Waals surface area contributed by atoms with Gasteiger partial charge in [0, 0.05) is 47.1 Å². The molecule has 0 bridgehead atoms. The molecule has 0 amide bonds. The Morgan fingerprint density at radius 2 is 0.938 bits per heavy atom. The molecule has 3 rings (SSSR count). The Morgan fingerprint density at radius 3 is 1.25 bits per heavy atom. The smallest absolute Gasteiger partial charge is 0.187 e. The number of ketones is 2. The van der Waals surface area contributed by atoms with Gasteiger partial charge in [0.2, 0.25) is 0 Å². The van der Waals surface area contributed by atoms with Gasteiger partial charge in [-0.2, -0.15) is 0 Å². The van der Waals surface area contributed by atoms with Gasteiger partial charge in [-0.15, -0.1) is 0 Å². The Hall–Kier alpha value is -4.32. The van der Waals surface area contributed by atoms with Crippen LogP contribution >= 0.6 is 0 Å². The van der Waals surface area contributed by atoms with E-state index in [1.807, 2.05) is 24.3 Å². The maximum absolute atomic E-state index is 12.2. The van der Waals surface area contributed by atoms with E-state index in [1.165, 1.54) is 12.2 Å². The van der Waals surface area contributed by atoms with Crippen LogP contribution in [0.4, 0.5) is 11.4 Å². The van der Waals surface area contributed by atoms with Gasteiger partial charge >= 0.3 is 0 Å². The third-order valence-electron chi connectivity index (χ3n) is 4.60. The SMILES string of the molecule is COc1ccc(C(=O)/C=C/Nc2ccc(N/C=C/C(=O)c3ccc(OC)cc3)cc2)cc1. The number of methoxy groups -OCH3 is 2. The van der Waals surface area contributed by atoms with Crippen LogP contribution in [0.25, 0.3) is 0 Å². The minimum Gasteiger partial charge on any atom is -0.497 e. The highest BCUT2D eigenvalue weighted by Crippen LogP contribution is 2.15. The minimum absolute atomic E-state index is 0.106. The van der Waals surface area contributed by atoms with Crippen molar-refractivity contribution < 1.29 is 19.1 Å². The van der Waals surface area contributed by atoms with Gasteiger partial charge in [-0.3, -0.25) is 9.59 Å². The van der Waals surface area contributed by atoms with E-state index in [0.717, 1.165) is 11.4 Å². The molecule has 0 aromatic heterocycles. The third kappa shape index (κ3) is 6.34. The lowest BCUT2D eigenvalue weighted by molar-refractivity contribution is 0.103. The van der Waals surface area contributed by atoms with Crippen LogP contribution in [0.2, 0.25) is 0 Å². The second-order valence-electron chi connectivity index (χ2n) is 6.72. The first kappa shape index (κ1) is 22.4. The van der Waals surface area contributed by atoms with Crippen LogP contribution < -0.4 is 20.1 Å². The lowest BCUT2D eigenvalue weighted by atomic mass is 10.1. The van der Waals surface area contributed by atoms with Crippen LogP contribution in [-0.2, 0) is 0 Å². The van der Waals surface area contributed by atoms with E-state index in [1.54, 1.807) is 75.2 Å². The van der Waals surface area contributed by atoms with Crippen LogP contribution in [0.15, 0.2) is 97.3 Å². The summed E-state index contributed by atoms with van der Waals surface area (Å²) in [5.41, 5.74) is 2.82. The number of rotatable bonds is 10. The van der Waals surface area contributed by atoms with Gasteiger partial charge in [0.05, 0.1) is 14.2 Å². The number of carbonyl (C=O) groups is 2. The molecule has 0 saturated carbocycles. The number of benzene rings is 3. The maximum Gasteiger partial charge on any atom is 0.187 e. The molecule has 0 aliphatic carbocycles. The molecule has 2 N–H and O–H groups in total. The normalized spacial score (nSPS) is 10.8. The largest absolute Gasteiger partial charge is 0.497 e. The van der Waals surface area contributed by atoms with Gasteiger partial charge in [-0.1, -0.05) is 0 Å². The van der Waals surface area contributed by atoms with Gasteiger partial charge in [0.25, 0.3) is 0 Å². The second kappa shape index (κ2) is 11.2. The average Bonchev–Trinajstić information content (AvgIpc) is 2.85. The van der Waals surface area contributed by atoms with Gasteiger partial charge in [0.1, 0.15) is 11.5 Å². The quantitative estimate of drug-likeness (QED) is 0.336. The summed E-state index contributed by atoms with van der Waals surface area (Å²) in [4.78, 5) is 24.4. The molecule has 0 aliphatic rings. The molecule has 0 atom stereocenters. The summed E-state index contributed by atoms with van der Waals surface area (Å²) >= 11 is 0. The molecule has 6 nitrogen and oxygen atoms in total. The predicted octanol–water partition coefficient (Wildman–Crippen LogP) is 5.32. The van der Waals surface area contributed by atoms with E-state index >= 15 is 0 Å². The lowest BCUT2D eigenvalue weighted by Crippen LogP contribution is -1.97. The van der Waals surface area contributed by atoms with Crippen molar-refractivity contribution in [1.82, 2.24) is 0 Å². The number of carbonyl (C=O) groups excluding carboxylic acids is 2.